The van der Waals surface area contributed by atoms with Gasteiger partial charge in [0.1, 0.15) is 5.82 Å². The lowest BCUT2D eigenvalue weighted by atomic mass is 10.2. The third-order valence-corrected chi connectivity index (χ3v) is 5.88. The molecule has 0 heterocycles. The molecule has 0 aliphatic carbocycles. The summed E-state index contributed by atoms with van der Waals surface area (Å²) in [5.74, 6) is -0.986. The largest absolute Gasteiger partial charge is 0.322 e. The molecule has 3 rings (SSSR count). The van der Waals surface area contributed by atoms with Gasteiger partial charge in [-0.25, -0.2) is 12.8 Å². The second-order valence-corrected chi connectivity index (χ2v) is 8.72. The van der Waals surface area contributed by atoms with Gasteiger partial charge in [0.05, 0.1) is 15.6 Å². The van der Waals surface area contributed by atoms with Gasteiger partial charge in [0.15, 0.2) is 0 Å². The molecule has 28 heavy (non-hydrogen) atoms. The van der Waals surface area contributed by atoms with Gasteiger partial charge >= 0.3 is 0 Å². The standard InChI is InChI=1S/C19H13BrClFN2O3S/c20-13-2-1-3-15(11-13)23-19(25)12-4-9-17(21)18(10-12)24-28(26,27)16-7-5-14(22)6-8-16/h1-11,24H,(H,23,25). The van der Waals surface area contributed by atoms with Gasteiger partial charge < -0.3 is 5.32 Å². The van der Waals surface area contributed by atoms with Crippen molar-refractivity contribution in [3.05, 3.63) is 87.6 Å². The smallest absolute Gasteiger partial charge is 0.261 e. The highest BCUT2D eigenvalue weighted by Crippen LogP contribution is 2.27. The van der Waals surface area contributed by atoms with Crippen LogP contribution in [0.1, 0.15) is 10.4 Å². The Balaban J connectivity index is 1.85. The molecule has 3 aromatic rings. The fourth-order valence-electron chi connectivity index (χ4n) is 2.33. The minimum Gasteiger partial charge on any atom is -0.322 e. The molecule has 0 spiro atoms. The monoisotopic (exact) mass is 482 g/mol. The highest BCUT2D eigenvalue weighted by atomic mass is 79.9. The molecule has 3 aromatic carbocycles. The van der Waals surface area contributed by atoms with Crippen molar-refractivity contribution in [2.45, 2.75) is 4.90 Å². The molecule has 0 saturated carbocycles. The zero-order chi connectivity index (χ0) is 20.3. The summed E-state index contributed by atoms with van der Waals surface area (Å²) in [6, 6.07) is 15.6. The van der Waals surface area contributed by atoms with Crippen LogP contribution >= 0.6 is 27.5 Å². The van der Waals surface area contributed by atoms with E-state index in [4.69, 9.17) is 11.6 Å². The molecule has 0 aliphatic rings. The third-order valence-electron chi connectivity index (χ3n) is 3.68. The molecule has 0 radical (unpaired) electrons. The van der Waals surface area contributed by atoms with Crippen molar-refractivity contribution in [2.75, 3.05) is 10.0 Å². The Kier molecular flexibility index (Phi) is 6.02. The zero-order valence-electron chi connectivity index (χ0n) is 14.1. The highest BCUT2D eigenvalue weighted by molar-refractivity contribution is 9.10. The van der Waals surface area contributed by atoms with E-state index < -0.39 is 21.7 Å². The van der Waals surface area contributed by atoms with Crippen LogP contribution in [0.4, 0.5) is 15.8 Å². The summed E-state index contributed by atoms with van der Waals surface area (Å²) in [5, 5.41) is 2.83. The average Bonchev–Trinajstić information content (AvgIpc) is 2.63. The second kappa shape index (κ2) is 8.30. The maximum Gasteiger partial charge on any atom is 0.261 e. The molecule has 0 unspecified atom stereocenters. The number of benzene rings is 3. The summed E-state index contributed by atoms with van der Waals surface area (Å²) >= 11 is 9.40. The molecule has 0 atom stereocenters. The average molecular weight is 484 g/mol. The fraction of sp³-hybridized carbons (Fsp3) is 0. The van der Waals surface area contributed by atoms with Crippen molar-refractivity contribution in [3.8, 4) is 0 Å². The normalized spacial score (nSPS) is 11.1. The number of rotatable bonds is 5. The minimum atomic E-state index is -4.00. The maximum atomic E-state index is 13.0. The number of sulfonamides is 1. The number of halogens is 3. The molecule has 0 bridgehead atoms. The van der Waals surface area contributed by atoms with Crippen molar-refractivity contribution < 1.29 is 17.6 Å². The van der Waals surface area contributed by atoms with E-state index in [-0.39, 0.29) is 21.2 Å². The van der Waals surface area contributed by atoms with E-state index in [0.29, 0.717) is 5.69 Å². The van der Waals surface area contributed by atoms with E-state index in [0.717, 1.165) is 28.7 Å². The topological polar surface area (TPSA) is 75.3 Å². The number of carbonyl (C=O) groups is 1. The lowest BCUT2D eigenvalue weighted by molar-refractivity contribution is 0.102. The Hall–Kier alpha value is -2.42. The van der Waals surface area contributed by atoms with Crippen molar-refractivity contribution in [2.24, 2.45) is 0 Å². The van der Waals surface area contributed by atoms with Crippen LogP contribution in [0.25, 0.3) is 0 Å². The number of anilines is 2. The lowest BCUT2D eigenvalue weighted by Crippen LogP contribution is -2.15. The summed E-state index contributed by atoms with van der Waals surface area (Å²) in [4.78, 5) is 12.3. The van der Waals surface area contributed by atoms with Gasteiger partial charge in [-0.1, -0.05) is 33.6 Å². The molecule has 0 saturated heterocycles. The lowest BCUT2D eigenvalue weighted by Gasteiger charge is -2.12. The molecule has 0 fully saturated rings. The summed E-state index contributed by atoms with van der Waals surface area (Å²) in [6.45, 7) is 0. The van der Waals surface area contributed by atoms with Crippen LogP contribution in [-0.2, 0) is 10.0 Å². The summed E-state index contributed by atoms with van der Waals surface area (Å²) < 4.78 is 41.1. The number of carbonyl (C=O) groups excluding carboxylic acids is 1. The first-order valence-electron chi connectivity index (χ1n) is 7.89. The fourth-order valence-corrected chi connectivity index (χ4v) is 4.02. The molecule has 2 N–H and O–H groups in total. The van der Waals surface area contributed by atoms with Gasteiger partial charge in [-0.15, -0.1) is 0 Å². The number of hydrogen-bond acceptors (Lipinski definition) is 3. The number of nitrogens with one attached hydrogen (secondary N) is 2. The number of amides is 1. The van der Waals surface area contributed by atoms with Gasteiger partial charge in [0.2, 0.25) is 0 Å². The Morgan fingerprint density at radius 1 is 1.00 bits per heavy atom. The van der Waals surface area contributed by atoms with Crippen molar-refractivity contribution in [1.82, 2.24) is 0 Å². The molecule has 144 valence electrons. The van der Waals surface area contributed by atoms with Gasteiger partial charge in [-0.05, 0) is 60.7 Å². The third kappa shape index (κ3) is 4.89. The molecule has 1 amide bonds. The van der Waals surface area contributed by atoms with Crippen molar-refractivity contribution >= 4 is 54.8 Å². The van der Waals surface area contributed by atoms with E-state index in [1.54, 1.807) is 18.2 Å². The SMILES string of the molecule is O=C(Nc1cccc(Br)c1)c1ccc(Cl)c(NS(=O)(=O)c2ccc(F)cc2)c1. The van der Waals surface area contributed by atoms with Crippen LogP contribution in [-0.4, -0.2) is 14.3 Å². The predicted molar refractivity (Wildman–Crippen MR) is 111 cm³/mol. The van der Waals surface area contributed by atoms with Crippen LogP contribution in [0.5, 0.6) is 0 Å². The first-order chi connectivity index (χ1) is 13.2. The van der Waals surface area contributed by atoms with E-state index >= 15 is 0 Å². The first-order valence-corrected chi connectivity index (χ1v) is 10.5. The highest BCUT2D eigenvalue weighted by Gasteiger charge is 2.17. The van der Waals surface area contributed by atoms with Crippen LogP contribution in [0.15, 0.2) is 76.1 Å². The van der Waals surface area contributed by atoms with E-state index in [1.807, 2.05) is 6.07 Å². The Bertz CT molecular complexity index is 1140. The van der Waals surface area contributed by atoms with Crippen LogP contribution in [0, 0.1) is 5.82 Å². The predicted octanol–water partition coefficient (Wildman–Crippen LogP) is 5.29. The van der Waals surface area contributed by atoms with Gasteiger partial charge in [0, 0.05) is 15.7 Å². The minimum absolute atomic E-state index is 0.0351. The van der Waals surface area contributed by atoms with Crippen molar-refractivity contribution in [1.29, 1.82) is 0 Å². The molecular formula is C19H13BrClFN2O3S. The Morgan fingerprint density at radius 2 is 1.71 bits per heavy atom. The Morgan fingerprint density at radius 3 is 2.39 bits per heavy atom. The van der Waals surface area contributed by atoms with Gasteiger partial charge in [-0.3, -0.25) is 9.52 Å². The summed E-state index contributed by atoms with van der Waals surface area (Å²) in [6.07, 6.45) is 0. The van der Waals surface area contributed by atoms with Gasteiger partial charge in [-0.2, -0.15) is 0 Å². The molecule has 9 heteroatoms. The molecular weight excluding hydrogens is 471 g/mol. The van der Waals surface area contributed by atoms with E-state index in [9.17, 15) is 17.6 Å². The summed E-state index contributed by atoms with van der Waals surface area (Å²) in [7, 11) is -4.00. The van der Waals surface area contributed by atoms with Crippen LogP contribution in [0.3, 0.4) is 0 Å². The van der Waals surface area contributed by atoms with Crippen LogP contribution in [0.2, 0.25) is 5.02 Å². The molecule has 0 aromatic heterocycles. The van der Waals surface area contributed by atoms with E-state index in [2.05, 4.69) is 26.0 Å². The maximum absolute atomic E-state index is 13.0. The number of hydrogen-bond donors (Lipinski definition) is 2. The quantitative estimate of drug-likeness (QED) is 0.517. The van der Waals surface area contributed by atoms with Gasteiger partial charge in [0.25, 0.3) is 15.9 Å². The van der Waals surface area contributed by atoms with Crippen molar-refractivity contribution in [3.63, 3.8) is 0 Å². The molecule has 0 aliphatic heterocycles. The molecule has 5 nitrogen and oxygen atoms in total. The zero-order valence-corrected chi connectivity index (χ0v) is 17.3. The second-order valence-electron chi connectivity index (χ2n) is 5.72. The van der Waals surface area contributed by atoms with Crippen LogP contribution < -0.4 is 10.0 Å². The van der Waals surface area contributed by atoms with E-state index in [1.165, 1.54) is 18.2 Å². The summed E-state index contributed by atoms with van der Waals surface area (Å²) in [5.41, 5.74) is 0.817. The Labute approximate surface area is 174 Å². The first kappa shape index (κ1) is 20.3.